The maximum Gasteiger partial charge on any atom is 0.0462 e. The zero-order valence-electron chi connectivity index (χ0n) is 29.3. The van der Waals surface area contributed by atoms with Gasteiger partial charge in [0.05, 0.1) is 0 Å². The highest BCUT2D eigenvalue weighted by molar-refractivity contribution is 6.00. The van der Waals surface area contributed by atoms with Gasteiger partial charge >= 0.3 is 0 Å². The van der Waals surface area contributed by atoms with Crippen LogP contribution in [0, 0.1) is 0 Å². The highest BCUT2D eigenvalue weighted by Gasteiger charge is 2.15. The second kappa shape index (κ2) is 14.3. The second-order valence-corrected chi connectivity index (χ2v) is 13.4. The number of fused-ring (bicyclic) bond motifs is 1. The Morgan fingerprint density at radius 3 is 1.26 bits per heavy atom. The van der Waals surface area contributed by atoms with E-state index in [-0.39, 0.29) is 0 Å². The lowest BCUT2D eigenvalue weighted by atomic mass is 9.91. The Hall–Kier alpha value is -6.96. The number of nitrogens with zero attached hydrogens (tertiary/aromatic N) is 1. The summed E-state index contributed by atoms with van der Waals surface area (Å²) in [6.07, 6.45) is 0. The molecule has 9 aromatic carbocycles. The molecular formula is C52H37N. The highest BCUT2D eigenvalue weighted by Crippen LogP contribution is 2.40. The number of para-hydroxylation sites is 1. The quantitative estimate of drug-likeness (QED) is 0.155. The summed E-state index contributed by atoms with van der Waals surface area (Å²) < 4.78 is 0. The summed E-state index contributed by atoms with van der Waals surface area (Å²) in [6.45, 7) is 0. The lowest BCUT2D eigenvalue weighted by molar-refractivity contribution is 1.28. The molecule has 0 spiro atoms. The summed E-state index contributed by atoms with van der Waals surface area (Å²) in [5.74, 6) is 0. The van der Waals surface area contributed by atoms with Gasteiger partial charge in [0.25, 0.3) is 0 Å². The van der Waals surface area contributed by atoms with E-state index >= 15 is 0 Å². The van der Waals surface area contributed by atoms with Crippen LogP contribution < -0.4 is 4.90 Å². The van der Waals surface area contributed by atoms with Crippen molar-refractivity contribution in [3.63, 3.8) is 0 Å². The Balaban J connectivity index is 1.08. The molecule has 53 heavy (non-hydrogen) atoms. The van der Waals surface area contributed by atoms with Gasteiger partial charge in [0.1, 0.15) is 0 Å². The first-order valence-electron chi connectivity index (χ1n) is 18.2. The van der Waals surface area contributed by atoms with Crippen molar-refractivity contribution < 1.29 is 0 Å². The normalized spacial score (nSPS) is 11.0. The van der Waals surface area contributed by atoms with Gasteiger partial charge in [-0.25, -0.2) is 0 Å². The number of benzene rings is 9. The van der Waals surface area contributed by atoms with Crippen molar-refractivity contribution in [2.24, 2.45) is 0 Å². The predicted octanol–water partition coefficient (Wildman–Crippen LogP) is 14.6. The van der Waals surface area contributed by atoms with Gasteiger partial charge in [-0.05, 0) is 121 Å². The third-order valence-electron chi connectivity index (χ3n) is 10.1. The average Bonchev–Trinajstić information content (AvgIpc) is 3.25. The summed E-state index contributed by atoms with van der Waals surface area (Å²) in [7, 11) is 0. The number of anilines is 3. The van der Waals surface area contributed by atoms with E-state index in [1.807, 2.05) is 0 Å². The molecule has 0 saturated heterocycles. The number of rotatable bonds is 8. The van der Waals surface area contributed by atoms with E-state index in [0.29, 0.717) is 0 Å². The van der Waals surface area contributed by atoms with E-state index in [2.05, 4.69) is 229 Å². The molecule has 0 heterocycles. The van der Waals surface area contributed by atoms with Crippen LogP contribution in [0.2, 0.25) is 0 Å². The monoisotopic (exact) mass is 675 g/mol. The molecule has 0 aliphatic carbocycles. The van der Waals surface area contributed by atoms with Crippen molar-refractivity contribution in [3.8, 4) is 55.6 Å². The van der Waals surface area contributed by atoms with Crippen LogP contribution in [0.25, 0.3) is 66.4 Å². The van der Waals surface area contributed by atoms with Gasteiger partial charge in [-0.15, -0.1) is 0 Å². The van der Waals surface area contributed by atoms with Crippen molar-refractivity contribution in [2.45, 2.75) is 0 Å². The molecule has 1 nitrogen and oxygen atoms in total. The fourth-order valence-corrected chi connectivity index (χ4v) is 7.41. The summed E-state index contributed by atoms with van der Waals surface area (Å²) >= 11 is 0. The summed E-state index contributed by atoms with van der Waals surface area (Å²) in [6, 6.07) is 80.7. The number of hydrogen-bond acceptors (Lipinski definition) is 1. The van der Waals surface area contributed by atoms with Crippen LogP contribution in [0.5, 0.6) is 0 Å². The van der Waals surface area contributed by atoms with Crippen molar-refractivity contribution in [1.82, 2.24) is 0 Å². The molecule has 0 aliphatic rings. The van der Waals surface area contributed by atoms with E-state index in [1.165, 1.54) is 66.4 Å². The van der Waals surface area contributed by atoms with Crippen LogP contribution >= 0.6 is 0 Å². The van der Waals surface area contributed by atoms with Crippen LogP contribution in [0.1, 0.15) is 0 Å². The summed E-state index contributed by atoms with van der Waals surface area (Å²) in [4.78, 5) is 2.33. The van der Waals surface area contributed by atoms with Crippen LogP contribution in [-0.2, 0) is 0 Å². The zero-order chi connectivity index (χ0) is 35.4. The van der Waals surface area contributed by atoms with Crippen molar-refractivity contribution >= 4 is 27.8 Å². The van der Waals surface area contributed by atoms with Crippen molar-refractivity contribution in [2.75, 3.05) is 4.90 Å². The largest absolute Gasteiger partial charge is 0.311 e. The molecule has 0 aromatic heterocycles. The fourth-order valence-electron chi connectivity index (χ4n) is 7.41. The van der Waals surface area contributed by atoms with Crippen LogP contribution in [0.15, 0.2) is 224 Å². The van der Waals surface area contributed by atoms with Gasteiger partial charge in [0.15, 0.2) is 0 Å². The van der Waals surface area contributed by atoms with Gasteiger partial charge in [-0.2, -0.15) is 0 Å². The van der Waals surface area contributed by atoms with Gasteiger partial charge < -0.3 is 4.90 Å². The summed E-state index contributed by atoms with van der Waals surface area (Å²) in [5, 5.41) is 2.49. The first-order valence-corrected chi connectivity index (χ1v) is 18.2. The number of hydrogen-bond donors (Lipinski definition) is 0. The fraction of sp³-hybridized carbons (Fsp3) is 0. The second-order valence-electron chi connectivity index (χ2n) is 13.4. The van der Waals surface area contributed by atoms with Crippen molar-refractivity contribution in [3.05, 3.63) is 224 Å². The van der Waals surface area contributed by atoms with Gasteiger partial charge in [-0.1, -0.05) is 170 Å². The first kappa shape index (κ1) is 32.0. The van der Waals surface area contributed by atoms with Crippen LogP contribution in [0.4, 0.5) is 17.1 Å². The maximum atomic E-state index is 2.33. The zero-order valence-corrected chi connectivity index (χ0v) is 29.3. The molecule has 1 heteroatoms. The SMILES string of the molecule is c1ccc(-c2cc(-c3ccc(N(c4ccccc4)c4ccc(-c5ccc(-c6ccccc6)c(-c6ccccc6)c5)cc4)cc3)c3ccccc3c2)cc1. The van der Waals surface area contributed by atoms with Gasteiger partial charge in [0, 0.05) is 17.1 Å². The molecule has 0 aliphatic heterocycles. The predicted molar refractivity (Wildman–Crippen MR) is 226 cm³/mol. The van der Waals surface area contributed by atoms with Gasteiger partial charge in [0.2, 0.25) is 0 Å². The summed E-state index contributed by atoms with van der Waals surface area (Å²) in [5.41, 5.74) is 15.5. The molecule has 0 unspecified atom stereocenters. The molecule has 0 atom stereocenters. The molecule has 0 radical (unpaired) electrons. The Labute approximate surface area is 311 Å². The molecule has 0 N–H and O–H groups in total. The van der Waals surface area contributed by atoms with E-state index in [0.717, 1.165) is 17.1 Å². The topological polar surface area (TPSA) is 3.24 Å². The molecule has 9 rings (SSSR count). The van der Waals surface area contributed by atoms with Gasteiger partial charge in [-0.3, -0.25) is 0 Å². The maximum absolute atomic E-state index is 2.33. The van der Waals surface area contributed by atoms with E-state index in [4.69, 9.17) is 0 Å². The molecule has 250 valence electrons. The molecule has 0 fully saturated rings. The minimum absolute atomic E-state index is 1.11. The van der Waals surface area contributed by atoms with E-state index in [9.17, 15) is 0 Å². The minimum atomic E-state index is 1.11. The lowest BCUT2D eigenvalue weighted by Gasteiger charge is -2.26. The van der Waals surface area contributed by atoms with Crippen LogP contribution in [0.3, 0.4) is 0 Å². The smallest absolute Gasteiger partial charge is 0.0462 e. The van der Waals surface area contributed by atoms with Crippen molar-refractivity contribution in [1.29, 1.82) is 0 Å². The lowest BCUT2D eigenvalue weighted by Crippen LogP contribution is -2.09. The Morgan fingerprint density at radius 2 is 0.642 bits per heavy atom. The van der Waals surface area contributed by atoms with E-state index in [1.54, 1.807) is 0 Å². The van der Waals surface area contributed by atoms with E-state index < -0.39 is 0 Å². The third-order valence-corrected chi connectivity index (χ3v) is 10.1. The molecular weight excluding hydrogens is 639 g/mol. The molecule has 0 saturated carbocycles. The Kier molecular flexibility index (Phi) is 8.66. The van der Waals surface area contributed by atoms with Crippen LogP contribution in [-0.4, -0.2) is 0 Å². The Bertz CT molecular complexity index is 2610. The first-order chi connectivity index (χ1) is 26.3. The highest BCUT2D eigenvalue weighted by atomic mass is 15.1. The minimum Gasteiger partial charge on any atom is -0.311 e. The standard InChI is InChI=1S/C52H37N/c1-5-15-38(16-6-1)45-35-44-21-13-14-24-49(44)52(37-45)42-27-32-48(33-28-42)53(46-22-11-4-12-23-46)47-30-25-39(26-31-47)43-29-34-50(40-17-7-2-8-18-40)51(36-43)41-19-9-3-10-20-41/h1-37H. The Morgan fingerprint density at radius 1 is 0.226 bits per heavy atom. The molecule has 0 amide bonds. The molecule has 0 bridgehead atoms. The third kappa shape index (κ3) is 6.53. The molecule has 9 aromatic rings. The average molecular weight is 676 g/mol.